The lowest BCUT2D eigenvalue weighted by molar-refractivity contribution is 0.748. The molecule has 0 fully saturated rings. The van der Waals surface area contributed by atoms with Crippen LogP contribution in [0.2, 0.25) is 0 Å². The van der Waals surface area contributed by atoms with Crippen molar-refractivity contribution in [3.63, 3.8) is 0 Å². The van der Waals surface area contributed by atoms with E-state index in [2.05, 4.69) is 9.97 Å². The van der Waals surface area contributed by atoms with E-state index in [1.165, 1.54) is 12.3 Å². The first kappa shape index (κ1) is 11.8. The first-order valence-corrected chi connectivity index (χ1v) is 4.35. The Morgan fingerprint density at radius 2 is 1.92 bits per heavy atom. The maximum absolute atomic E-state index is 12.8. The molecule has 1 aromatic heterocycles. The predicted molar refractivity (Wildman–Crippen MR) is 52.9 cm³/mol. The van der Waals surface area contributed by atoms with Gasteiger partial charge in [0.25, 0.3) is 0 Å². The number of aryl methyl sites for hydroxylation is 1. The fourth-order valence-corrected chi connectivity index (χ4v) is 0.664. The minimum absolute atomic E-state index is 0.290. The van der Waals surface area contributed by atoms with Crippen LogP contribution >= 0.6 is 0 Å². The molecule has 0 bridgehead atoms. The minimum Gasteiger partial charge on any atom is -0.258 e. The van der Waals surface area contributed by atoms with Crippen LogP contribution in [0.15, 0.2) is 18.5 Å². The average molecular weight is 182 g/mol. The van der Waals surface area contributed by atoms with Crippen LogP contribution in [-0.2, 0) is 0 Å². The molecule has 1 rings (SSSR count). The van der Waals surface area contributed by atoms with Gasteiger partial charge in [0.2, 0.25) is 0 Å². The van der Waals surface area contributed by atoms with E-state index in [9.17, 15) is 4.39 Å². The fraction of sp³-hybridized carbons (Fsp3) is 0.400. The third-order valence-corrected chi connectivity index (χ3v) is 1.28. The van der Waals surface area contributed by atoms with Crippen molar-refractivity contribution in [3.8, 4) is 0 Å². The Hall–Kier alpha value is -1.25. The molecule has 0 aliphatic rings. The van der Waals surface area contributed by atoms with Gasteiger partial charge < -0.3 is 0 Å². The molecule has 0 unspecified atom stereocenters. The largest absolute Gasteiger partial charge is 0.258 e. The molecule has 0 N–H and O–H groups in total. The van der Waals surface area contributed by atoms with Crippen molar-refractivity contribution in [2.24, 2.45) is 0 Å². The normalized spacial score (nSPS) is 10.4. The molecule has 1 heterocycles. The monoisotopic (exact) mass is 182 g/mol. The lowest BCUT2D eigenvalue weighted by Crippen LogP contribution is -1.88. The van der Waals surface area contributed by atoms with Crippen LogP contribution in [0, 0.1) is 6.92 Å². The number of aromatic nitrogens is 2. The molecular formula is C10H15FN2. The van der Waals surface area contributed by atoms with E-state index in [0.29, 0.717) is 0 Å². The third-order valence-electron chi connectivity index (χ3n) is 1.28. The van der Waals surface area contributed by atoms with Crippen LogP contribution in [0.25, 0.3) is 5.83 Å². The van der Waals surface area contributed by atoms with Crippen molar-refractivity contribution < 1.29 is 4.39 Å². The maximum atomic E-state index is 12.8. The van der Waals surface area contributed by atoms with E-state index < -0.39 is 0 Å². The Bertz CT molecular complexity index is 265. The van der Waals surface area contributed by atoms with Gasteiger partial charge in [-0.3, -0.25) is 9.97 Å². The lowest BCUT2D eigenvalue weighted by Gasteiger charge is -1.94. The zero-order chi connectivity index (χ0) is 10.3. The summed E-state index contributed by atoms with van der Waals surface area (Å²) in [5, 5.41) is 0. The average Bonchev–Trinajstić information content (AvgIpc) is 2.21. The van der Waals surface area contributed by atoms with Gasteiger partial charge in [-0.15, -0.1) is 0 Å². The zero-order valence-corrected chi connectivity index (χ0v) is 8.50. The molecule has 13 heavy (non-hydrogen) atoms. The summed E-state index contributed by atoms with van der Waals surface area (Å²) in [7, 11) is 0. The van der Waals surface area contributed by atoms with Crippen LogP contribution in [0.4, 0.5) is 4.39 Å². The highest BCUT2D eigenvalue weighted by atomic mass is 19.1. The Labute approximate surface area is 78.5 Å². The van der Waals surface area contributed by atoms with Crippen molar-refractivity contribution in [3.05, 3.63) is 29.9 Å². The molecule has 0 aliphatic carbocycles. The van der Waals surface area contributed by atoms with E-state index in [0.717, 1.165) is 5.69 Å². The van der Waals surface area contributed by atoms with Gasteiger partial charge in [-0.1, -0.05) is 13.8 Å². The van der Waals surface area contributed by atoms with Gasteiger partial charge >= 0.3 is 0 Å². The van der Waals surface area contributed by atoms with E-state index in [-0.39, 0.29) is 11.5 Å². The van der Waals surface area contributed by atoms with Crippen molar-refractivity contribution >= 4 is 5.83 Å². The molecule has 0 spiro atoms. The number of hydrogen-bond acceptors (Lipinski definition) is 2. The molecule has 72 valence electrons. The molecule has 0 saturated carbocycles. The number of hydrogen-bond donors (Lipinski definition) is 0. The summed E-state index contributed by atoms with van der Waals surface area (Å²) in [4.78, 5) is 7.75. The summed E-state index contributed by atoms with van der Waals surface area (Å²) in [6, 6.07) is 0. The van der Waals surface area contributed by atoms with E-state index >= 15 is 0 Å². The second kappa shape index (κ2) is 6.29. The number of allylic oxidation sites excluding steroid dienone is 1. The Morgan fingerprint density at radius 3 is 2.31 bits per heavy atom. The van der Waals surface area contributed by atoms with Crippen LogP contribution in [0.5, 0.6) is 0 Å². The van der Waals surface area contributed by atoms with Gasteiger partial charge in [-0.05, 0) is 19.9 Å². The molecule has 0 radical (unpaired) electrons. The van der Waals surface area contributed by atoms with Crippen molar-refractivity contribution in [2.45, 2.75) is 27.7 Å². The summed E-state index contributed by atoms with van der Waals surface area (Å²) in [6.45, 7) is 7.43. The van der Waals surface area contributed by atoms with Gasteiger partial charge in [-0.2, -0.15) is 0 Å². The standard InChI is InChI=1S/C8H9FN2.C2H6/c1-3-7(9)8-5-10-6(2)4-11-8;1-2/h3-5H,1-2H3;1-2H3/b7-3-;. The zero-order valence-electron chi connectivity index (χ0n) is 8.50. The molecule has 0 aromatic carbocycles. The van der Waals surface area contributed by atoms with Gasteiger partial charge in [0.05, 0.1) is 11.9 Å². The minimum atomic E-state index is -0.336. The highest BCUT2D eigenvalue weighted by Gasteiger charge is 1.98. The Kier molecular flexibility index (Phi) is 5.68. The van der Waals surface area contributed by atoms with Crippen LogP contribution in [0.3, 0.4) is 0 Å². The van der Waals surface area contributed by atoms with Crippen molar-refractivity contribution in [1.82, 2.24) is 9.97 Å². The molecule has 0 saturated heterocycles. The molecule has 0 atom stereocenters. The van der Waals surface area contributed by atoms with Crippen molar-refractivity contribution in [1.29, 1.82) is 0 Å². The number of rotatable bonds is 1. The summed E-state index contributed by atoms with van der Waals surface area (Å²) in [6.07, 6.45) is 4.32. The van der Waals surface area contributed by atoms with E-state index in [4.69, 9.17) is 0 Å². The van der Waals surface area contributed by atoms with Crippen molar-refractivity contribution in [2.75, 3.05) is 0 Å². The second-order valence-corrected chi connectivity index (χ2v) is 2.18. The van der Waals surface area contributed by atoms with Crippen LogP contribution in [-0.4, -0.2) is 9.97 Å². The highest BCUT2D eigenvalue weighted by molar-refractivity contribution is 5.53. The predicted octanol–water partition coefficient (Wildman–Crippen LogP) is 3.14. The van der Waals surface area contributed by atoms with Crippen LogP contribution < -0.4 is 0 Å². The SMILES string of the molecule is C/C=C(\F)c1cnc(C)cn1.CC. The summed E-state index contributed by atoms with van der Waals surface area (Å²) in [5.41, 5.74) is 1.08. The number of nitrogens with zero attached hydrogens (tertiary/aromatic N) is 2. The van der Waals surface area contributed by atoms with Gasteiger partial charge in [-0.25, -0.2) is 4.39 Å². The summed E-state index contributed by atoms with van der Waals surface area (Å²) >= 11 is 0. The molecule has 2 nitrogen and oxygen atoms in total. The van der Waals surface area contributed by atoms with E-state index in [1.54, 1.807) is 13.1 Å². The summed E-state index contributed by atoms with van der Waals surface area (Å²) < 4.78 is 12.8. The topological polar surface area (TPSA) is 25.8 Å². The van der Waals surface area contributed by atoms with E-state index in [1.807, 2.05) is 20.8 Å². The summed E-state index contributed by atoms with van der Waals surface area (Å²) in [5.74, 6) is -0.336. The molecule has 0 amide bonds. The van der Waals surface area contributed by atoms with Gasteiger partial charge in [0, 0.05) is 6.20 Å². The molecule has 0 aliphatic heterocycles. The Morgan fingerprint density at radius 1 is 1.31 bits per heavy atom. The smallest absolute Gasteiger partial charge is 0.146 e. The van der Waals surface area contributed by atoms with Crippen LogP contribution in [0.1, 0.15) is 32.2 Å². The highest BCUT2D eigenvalue weighted by Crippen LogP contribution is 2.10. The van der Waals surface area contributed by atoms with Gasteiger partial charge in [0.1, 0.15) is 11.5 Å². The molecular weight excluding hydrogens is 167 g/mol. The second-order valence-electron chi connectivity index (χ2n) is 2.18. The lowest BCUT2D eigenvalue weighted by atomic mass is 10.3. The third kappa shape index (κ3) is 3.78. The molecule has 1 aromatic rings. The van der Waals surface area contributed by atoms with Gasteiger partial charge in [0.15, 0.2) is 0 Å². The first-order chi connectivity index (χ1) is 6.24. The Balaban J connectivity index is 0.000000671. The first-order valence-electron chi connectivity index (χ1n) is 4.35. The maximum Gasteiger partial charge on any atom is 0.146 e. The fourth-order valence-electron chi connectivity index (χ4n) is 0.664. The molecule has 3 heteroatoms. The quantitative estimate of drug-likeness (QED) is 0.666. The number of halogens is 1.